The molecule has 0 aromatic carbocycles. The maximum absolute atomic E-state index is 11.5. The van der Waals surface area contributed by atoms with Crippen LogP contribution in [0.3, 0.4) is 0 Å². The SMILES string of the molecule is CNC(N)CCS(C)(C)(N)=O. The first-order chi connectivity index (χ1) is 4.71. The van der Waals surface area contributed by atoms with Gasteiger partial charge in [-0.05, 0) is 13.5 Å². The van der Waals surface area contributed by atoms with Gasteiger partial charge in [-0.2, -0.15) is 0 Å². The van der Waals surface area contributed by atoms with Crippen molar-refractivity contribution in [2.75, 3.05) is 25.3 Å². The van der Waals surface area contributed by atoms with Crippen molar-refractivity contribution in [3.63, 3.8) is 0 Å². The van der Waals surface area contributed by atoms with Crippen molar-refractivity contribution in [1.29, 1.82) is 0 Å². The van der Waals surface area contributed by atoms with Gasteiger partial charge in [0.2, 0.25) is 0 Å². The maximum atomic E-state index is 11.5. The van der Waals surface area contributed by atoms with Gasteiger partial charge in [0.15, 0.2) is 0 Å². The quantitative estimate of drug-likeness (QED) is 0.478. The lowest BCUT2D eigenvalue weighted by molar-refractivity contribution is 0.563. The fourth-order valence-corrected chi connectivity index (χ4v) is 1.58. The minimum Gasteiger partial charge on any atom is -0.316 e. The van der Waals surface area contributed by atoms with Gasteiger partial charge in [0, 0.05) is 18.3 Å². The average molecular weight is 181 g/mol. The molecular weight excluding hydrogens is 162 g/mol. The lowest BCUT2D eigenvalue weighted by Gasteiger charge is -2.29. The summed E-state index contributed by atoms with van der Waals surface area (Å²) in [5.41, 5.74) is 5.55. The standard InChI is InChI=1S/C6H19N3OS/c1-9-6(7)4-5-11(2,3,8)10/h6,9H,4-5,7H2,1-3H3,(H2,8,10). The van der Waals surface area contributed by atoms with Crippen molar-refractivity contribution in [1.82, 2.24) is 5.32 Å². The van der Waals surface area contributed by atoms with Gasteiger partial charge in [0.25, 0.3) is 0 Å². The highest BCUT2D eigenvalue weighted by atomic mass is 32.3. The third-order valence-electron chi connectivity index (χ3n) is 1.41. The third-order valence-corrected chi connectivity index (χ3v) is 2.86. The van der Waals surface area contributed by atoms with Gasteiger partial charge in [0.05, 0.1) is 6.17 Å². The van der Waals surface area contributed by atoms with E-state index >= 15 is 0 Å². The number of rotatable bonds is 4. The molecule has 0 saturated carbocycles. The van der Waals surface area contributed by atoms with Gasteiger partial charge in [0.1, 0.15) is 0 Å². The first-order valence-corrected chi connectivity index (χ1v) is 6.55. The van der Waals surface area contributed by atoms with E-state index < -0.39 is 9.25 Å². The van der Waals surface area contributed by atoms with E-state index in [0.717, 1.165) is 0 Å². The number of nitrogens with one attached hydrogen (secondary N) is 1. The number of hydrogen-bond donors (Lipinski definition) is 3. The summed E-state index contributed by atoms with van der Waals surface area (Å²) in [6.07, 6.45) is 3.70. The highest BCUT2D eigenvalue weighted by Gasteiger charge is 2.18. The lowest BCUT2D eigenvalue weighted by Crippen LogP contribution is -2.46. The summed E-state index contributed by atoms with van der Waals surface area (Å²) in [5, 5.41) is 8.41. The molecule has 0 heterocycles. The second-order valence-electron chi connectivity index (χ2n) is 3.56. The Morgan fingerprint density at radius 1 is 1.55 bits per heavy atom. The summed E-state index contributed by atoms with van der Waals surface area (Å²) in [7, 11) is -1.07. The smallest absolute Gasteiger partial charge is 0.0552 e. The third kappa shape index (κ3) is 7.93. The van der Waals surface area contributed by atoms with Gasteiger partial charge in [-0.1, -0.05) is 9.25 Å². The number of hydrogen-bond acceptors (Lipinski definition) is 3. The molecule has 0 amide bonds. The molecule has 0 saturated heterocycles. The first kappa shape index (κ1) is 11.0. The highest BCUT2D eigenvalue weighted by Crippen LogP contribution is 2.08. The van der Waals surface area contributed by atoms with Crippen LogP contribution in [0.2, 0.25) is 0 Å². The topological polar surface area (TPSA) is 81.1 Å². The van der Waals surface area contributed by atoms with Gasteiger partial charge in [-0.3, -0.25) is 9.35 Å². The van der Waals surface area contributed by atoms with Crippen LogP contribution in [0.25, 0.3) is 0 Å². The van der Waals surface area contributed by atoms with E-state index in [1.807, 2.05) is 0 Å². The molecule has 0 aliphatic rings. The Morgan fingerprint density at radius 3 is 2.27 bits per heavy atom. The second kappa shape index (κ2) is 3.18. The molecule has 70 valence electrons. The van der Waals surface area contributed by atoms with Crippen molar-refractivity contribution >= 4 is 9.25 Å². The summed E-state index contributed by atoms with van der Waals surface area (Å²) >= 11 is 0. The molecular formula is C6H19N3OS. The fourth-order valence-electron chi connectivity index (χ4n) is 0.623. The van der Waals surface area contributed by atoms with E-state index in [1.165, 1.54) is 0 Å². The molecule has 5 heteroatoms. The summed E-state index contributed by atoms with van der Waals surface area (Å²) in [6, 6.07) is 0. The molecule has 11 heavy (non-hydrogen) atoms. The zero-order valence-electron chi connectivity index (χ0n) is 7.46. The van der Waals surface area contributed by atoms with Crippen LogP contribution in [0.15, 0.2) is 0 Å². The Kier molecular flexibility index (Phi) is 3.19. The van der Waals surface area contributed by atoms with E-state index in [1.54, 1.807) is 19.6 Å². The highest BCUT2D eigenvalue weighted by molar-refractivity contribution is 8.16. The molecule has 0 aromatic rings. The van der Waals surface area contributed by atoms with Crippen LogP contribution in [-0.4, -0.2) is 35.7 Å². The average Bonchev–Trinajstić information content (AvgIpc) is 1.80. The van der Waals surface area contributed by atoms with Crippen LogP contribution in [0, 0.1) is 0 Å². The Labute approximate surface area is 68.2 Å². The lowest BCUT2D eigenvalue weighted by atomic mass is 10.4. The molecule has 0 rings (SSSR count). The molecule has 4 nitrogen and oxygen atoms in total. The van der Waals surface area contributed by atoms with Crippen molar-refractivity contribution in [2.24, 2.45) is 10.9 Å². The minimum absolute atomic E-state index is 0.108. The molecule has 0 spiro atoms. The van der Waals surface area contributed by atoms with Crippen LogP contribution < -0.4 is 16.2 Å². The van der Waals surface area contributed by atoms with Crippen LogP contribution in [0.5, 0.6) is 0 Å². The monoisotopic (exact) mass is 181 g/mol. The zero-order valence-corrected chi connectivity index (χ0v) is 8.28. The first-order valence-electron chi connectivity index (χ1n) is 3.54. The molecule has 0 fully saturated rings. The van der Waals surface area contributed by atoms with Crippen LogP contribution in [0.4, 0.5) is 0 Å². The number of nitrogens with two attached hydrogens (primary N) is 2. The molecule has 0 bridgehead atoms. The normalized spacial score (nSPS) is 18.8. The summed E-state index contributed by atoms with van der Waals surface area (Å²) in [4.78, 5) is 0. The summed E-state index contributed by atoms with van der Waals surface area (Å²) in [5.74, 6) is 0.471. The predicted molar refractivity (Wildman–Crippen MR) is 50.7 cm³/mol. The Bertz CT molecular complexity index is 175. The molecule has 0 aliphatic heterocycles. The molecule has 0 aromatic heterocycles. The van der Waals surface area contributed by atoms with Crippen molar-refractivity contribution < 1.29 is 4.21 Å². The van der Waals surface area contributed by atoms with Crippen molar-refractivity contribution in [2.45, 2.75) is 12.6 Å². The second-order valence-corrected chi connectivity index (χ2v) is 8.31. The van der Waals surface area contributed by atoms with Gasteiger partial charge < -0.3 is 11.1 Å². The fraction of sp³-hybridized carbons (Fsp3) is 1.00. The molecule has 1 atom stereocenters. The molecule has 1 unspecified atom stereocenters. The largest absolute Gasteiger partial charge is 0.316 e. The Morgan fingerprint density at radius 2 is 2.00 bits per heavy atom. The van der Waals surface area contributed by atoms with E-state index in [2.05, 4.69) is 5.32 Å². The van der Waals surface area contributed by atoms with Crippen LogP contribution >= 0.6 is 0 Å². The van der Waals surface area contributed by atoms with E-state index in [-0.39, 0.29) is 6.17 Å². The maximum Gasteiger partial charge on any atom is 0.0552 e. The molecule has 0 radical (unpaired) electrons. The summed E-state index contributed by atoms with van der Waals surface area (Å²) in [6.45, 7) is 0. The van der Waals surface area contributed by atoms with Crippen molar-refractivity contribution in [3.8, 4) is 0 Å². The van der Waals surface area contributed by atoms with E-state index in [0.29, 0.717) is 12.2 Å². The summed E-state index contributed by atoms with van der Waals surface area (Å²) < 4.78 is 11.5. The van der Waals surface area contributed by atoms with E-state index in [4.69, 9.17) is 10.9 Å². The van der Waals surface area contributed by atoms with Gasteiger partial charge >= 0.3 is 0 Å². The van der Waals surface area contributed by atoms with Gasteiger partial charge in [-0.25, -0.2) is 0 Å². The van der Waals surface area contributed by atoms with Crippen LogP contribution in [0.1, 0.15) is 6.42 Å². The van der Waals surface area contributed by atoms with Crippen molar-refractivity contribution in [3.05, 3.63) is 0 Å². The Hall–Kier alpha value is 0.0300. The zero-order chi connectivity index (χ0) is 9.15. The molecule has 5 N–H and O–H groups in total. The predicted octanol–water partition coefficient (Wildman–Crippen LogP) is -1.17. The van der Waals surface area contributed by atoms with Gasteiger partial charge in [-0.15, -0.1) is 0 Å². The van der Waals surface area contributed by atoms with Crippen LogP contribution in [-0.2, 0) is 9.25 Å². The minimum atomic E-state index is -2.83. The van der Waals surface area contributed by atoms with E-state index in [9.17, 15) is 4.21 Å². The Balaban J connectivity index is 3.82. The molecule has 0 aliphatic carbocycles.